The van der Waals surface area contributed by atoms with E-state index in [4.69, 9.17) is 4.74 Å². The van der Waals surface area contributed by atoms with Crippen LogP contribution < -0.4 is 14.4 Å². The highest BCUT2D eigenvalue weighted by molar-refractivity contribution is 8.00. The van der Waals surface area contributed by atoms with Crippen LogP contribution in [0, 0.1) is 12.9 Å². The van der Waals surface area contributed by atoms with Crippen molar-refractivity contribution in [2.75, 3.05) is 18.0 Å². The van der Waals surface area contributed by atoms with E-state index in [2.05, 4.69) is 40.4 Å². The molecule has 150 valence electrons. The lowest BCUT2D eigenvalue weighted by Crippen LogP contribution is -2.04. The quantitative estimate of drug-likeness (QED) is 0.359. The molecule has 0 fully saturated rings. The summed E-state index contributed by atoms with van der Waals surface area (Å²) < 4.78 is 46.7. The van der Waals surface area contributed by atoms with Crippen molar-refractivity contribution in [2.45, 2.75) is 31.6 Å². The zero-order chi connectivity index (χ0) is 20.3. The third-order valence-electron chi connectivity index (χ3n) is 4.24. The Morgan fingerprint density at radius 3 is 2.75 bits per heavy atom. The molecule has 0 atom stereocenters. The Balaban J connectivity index is 1.86. The third-order valence-corrected chi connectivity index (χ3v) is 5.09. The number of halogens is 3. The number of fused-ring (bicyclic) bond motifs is 1. The molecule has 2 N–H and O–H groups in total. The van der Waals surface area contributed by atoms with Gasteiger partial charge < -0.3 is 14.4 Å². The number of aryl methyl sites for hydroxylation is 1. The van der Waals surface area contributed by atoms with E-state index in [0.717, 1.165) is 33.8 Å². The molecule has 0 amide bonds. The van der Waals surface area contributed by atoms with Crippen molar-refractivity contribution in [2.24, 2.45) is 0 Å². The molecular weight excluding hydrogens is 391 g/mol. The molecule has 3 rings (SSSR count). The molecular formula is C19H20F3N3O2S. The number of nitrogens with one attached hydrogen (secondary N) is 2. The first-order valence-electron chi connectivity index (χ1n) is 8.67. The van der Waals surface area contributed by atoms with Crippen molar-refractivity contribution < 1.29 is 23.0 Å². The van der Waals surface area contributed by atoms with Gasteiger partial charge >= 0.3 is 0 Å². The van der Waals surface area contributed by atoms with Crippen LogP contribution in [0.25, 0.3) is 10.9 Å². The van der Waals surface area contributed by atoms with E-state index in [9.17, 15) is 13.3 Å². The highest BCUT2D eigenvalue weighted by Crippen LogP contribution is 2.37. The molecule has 0 aliphatic carbocycles. The normalized spacial score (nSPS) is 11.2. The lowest BCUT2D eigenvalue weighted by Gasteiger charge is -2.12. The Kier molecular flexibility index (Phi) is 6.23. The van der Waals surface area contributed by atoms with E-state index in [1.165, 1.54) is 11.1 Å². The van der Waals surface area contributed by atoms with Gasteiger partial charge in [0.05, 0.1) is 10.4 Å². The molecule has 1 aromatic carbocycles. The summed E-state index contributed by atoms with van der Waals surface area (Å²) in [5, 5.41) is 0.984. The summed E-state index contributed by atoms with van der Waals surface area (Å²) in [4.78, 5) is 11.5. The van der Waals surface area contributed by atoms with Crippen molar-refractivity contribution in [1.29, 1.82) is 0 Å². The van der Waals surface area contributed by atoms with Gasteiger partial charge in [-0.25, -0.2) is 4.39 Å². The molecule has 2 heterocycles. The minimum Gasteiger partial charge on any atom is -0.486 e. The number of nitrogens with zero attached hydrogens (tertiary/aromatic N) is 1. The number of benzene rings is 1. The van der Waals surface area contributed by atoms with Crippen LogP contribution in [0.5, 0.6) is 11.5 Å². The lowest BCUT2D eigenvalue weighted by molar-refractivity contribution is -0.00602. The topological polar surface area (TPSA) is 59.2 Å². The Labute approximate surface area is 164 Å². The zero-order valence-corrected chi connectivity index (χ0v) is 16.4. The van der Waals surface area contributed by atoms with E-state index in [-0.39, 0.29) is 23.9 Å². The zero-order valence-electron chi connectivity index (χ0n) is 15.6. The molecule has 5 nitrogen and oxygen atoms in total. The molecule has 0 saturated carbocycles. The Hall–Kier alpha value is -2.55. The highest BCUT2D eigenvalue weighted by atomic mass is 32.2. The average Bonchev–Trinajstić information content (AvgIpc) is 3.07. The smallest absolute Gasteiger partial charge is 0.257 e. The Morgan fingerprint density at radius 1 is 1.29 bits per heavy atom. The number of anilines is 1. The first-order chi connectivity index (χ1) is 13.5. The van der Waals surface area contributed by atoms with Crippen LogP contribution in [0.4, 0.5) is 19.1 Å². The molecule has 0 radical (unpaired) electrons. The maximum atomic E-state index is 14.0. The van der Waals surface area contributed by atoms with Crippen LogP contribution in [-0.4, -0.2) is 23.2 Å². The van der Waals surface area contributed by atoms with Crippen molar-refractivity contribution in [1.82, 2.24) is 9.97 Å². The number of hydrogen-bond acceptors (Lipinski definition) is 5. The number of rotatable bonds is 8. The second kappa shape index (κ2) is 8.64. The van der Waals surface area contributed by atoms with Gasteiger partial charge in [0.25, 0.3) is 5.95 Å². The fourth-order valence-corrected chi connectivity index (χ4v) is 3.82. The Bertz CT molecular complexity index is 979. The molecule has 0 saturated heterocycles. The van der Waals surface area contributed by atoms with Gasteiger partial charge in [0.1, 0.15) is 13.3 Å². The van der Waals surface area contributed by atoms with Gasteiger partial charge in [-0.1, -0.05) is 26.0 Å². The van der Waals surface area contributed by atoms with Crippen LogP contribution in [0.15, 0.2) is 29.3 Å². The number of alkyl halides is 1. The monoisotopic (exact) mass is 411 g/mol. The van der Waals surface area contributed by atoms with Gasteiger partial charge in [0.2, 0.25) is 5.75 Å². The number of aromatic amines is 1. The summed E-state index contributed by atoms with van der Waals surface area (Å²) in [7, 11) is 0. The van der Waals surface area contributed by atoms with Gasteiger partial charge in [0, 0.05) is 22.2 Å². The molecule has 2 aromatic heterocycles. The summed E-state index contributed by atoms with van der Waals surface area (Å²) in [6, 6.07) is 5.02. The second-order valence-corrected chi connectivity index (χ2v) is 7.32. The predicted octanol–water partition coefficient (Wildman–Crippen LogP) is 5.86. The molecule has 9 heteroatoms. The van der Waals surface area contributed by atoms with Gasteiger partial charge in [-0.2, -0.15) is 9.37 Å². The predicted molar refractivity (Wildman–Crippen MR) is 104 cm³/mol. The van der Waals surface area contributed by atoms with Crippen LogP contribution in [0.3, 0.4) is 0 Å². The maximum absolute atomic E-state index is 14.0. The summed E-state index contributed by atoms with van der Waals surface area (Å²) in [6.45, 7) is 5.14. The van der Waals surface area contributed by atoms with Crippen molar-refractivity contribution in [3.63, 3.8) is 0 Å². The minimum atomic E-state index is -0.992. The van der Waals surface area contributed by atoms with Gasteiger partial charge in [-0.15, -0.1) is 0 Å². The fourth-order valence-electron chi connectivity index (χ4n) is 3.07. The molecule has 0 bridgehead atoms. The maximum Gasteiger partial charge on any atom is 0.257 e. The summed E-state index contributed by atoms with van der Waals surface area (Å²) in [5.74, 6) is -1.55. The van der Waals surface area contributed by atoms with Gasteiger partial charge in [0.15, 0.2) is 11.6 Å². The lowest BCUT2D eigenvalue weighted by atomic mass is 9.96. The first-order valence-corrected chi connectivity index (χ1v) is 9.49. The number of ether oxygens (including phenoxy) is 1. The molecule has 0 unspecified atom stereocenters. The van der Waals surface area contributed by atoms with E-state index in [1.807, 2.05) is 18.3 Å². The third kappa shape index (κ3) is 3.99. The van der Waals surface area contributed by atoms with Crippen LogP contribution in [0.1, 0.15) is 30.9 Å². The molecule has 28 heavy (non-hydrogen) atoms. The molecule has 0 spiro atoms. The molecule has 3 aromatic rings. The SMILES string of the molecule is Cc1ccc2c(SNc3nc(F)c(OCCF)cc3OF)c[nH]c2c1C(C)C. The van der Waals surface area contributed by atoms with Crippen molar-refractivity contribution in [3.8, 4) is 11.5 Å². The van der Waals surface area contributed by atoms with Gasteiger partial charge in [-0.3, -0.25) is 4.94 Å². The number of hydrogen-bond donors (Lipinski definition) is 2. The van der Waals surface area contributed by atoms with Crippen LogP contribution in [0.2, 0.25) is 0 Å². The van der Waals surface area contributed by atoms with Gasteiger partial charge in [-0.05, 0) is 35.9 Å². The van der Waals surface area contributed by atoms with E-state index in [1.54, 1.807) is 0 Å². The average molecular weight is 411 g/mol. The number of pyridine rings is 1. The summed E-state index contributed by atoms with van der Waals surface area (Å²) in [5.41, 5.74) is 3.43. The number of H-pyrrole nitrogens is 1. The van der Waals surface area contributed by atoms with E-state index >= 15 is 0 Å². The van der Waals surface area contributed by atoms with E-state index < -0.39 is 12.6 Å². The standard InChI is InChI=1S/C19H20F3N3O2S/c1-10(2)16-11(3)4-5-12-15(9-23-17(12)16)28-25-19-14(27-22)8-13(18(21)24-19)26-7-6-20/h4-5,8-10,23H,6-7H2,1-3H3,(H,24,25). The van der Waals surface area contributed by atoms with Crippen molar-refractivity contribution >= 4 is 28.7 Å². The summed E-state index contributed by atoms with van der Waals surface area (Å²) in [6.07, 6.45) is 1.82. The van der Waals surface area contributed by atoms with Crippen molar-refractivity contribution in [3.05, 3.63) is 41.5 Å². The fraction of sp³-hybridized carbons (Fsp3) is 0.316. The highest BCUT2D eigenvalue weighted by Gasteiger charge is 2.17. The first kappa shape index (κ1) is 20.2. The minimum absolute atomic E-state index is 0.150. The number of aromatic nitrogens is 2. The van der Waals surface area contributed by atoms with Crippen LogP contribution >= 0.6 is 11.9 Å². The second-order valence-electron chi connectivity index (χ2n) is 6.47. The summed E-state index contributed by atoms with van der Waals surface area (Å²) >= 11 is 1.14. The molecule has 0 aliphatic rings. The van der Waals surface area contributed by atoms with E-state index in [0.29, 0.717) is 5.92 Å². The largest absolute Gasteiger partial charge is 0.486 e. The molecule has 0 aliphatic heterocycles. The Morgan fingerprint density at radius 2 is 2.07 bits per heavy atom. The van der Waals surface area contributed by atoms with Crippen LogP contribution in [-0.2, 0) is 0 Å².